The van der Waals surface area contributed by atoms with Gasteiger partial charge in [0.05, 0.1) is 31.4 Å². The van der Waals surface area contributed by atoms with E-state index in [9.17, 15) is 10.1 Å². The van der Waals surface area contributed by atoms with Crippen molar-refractivity contribution in [3.05, 3.63) is 34.6 Å². The second kappa shape index (κ2) is 6.88. The molecule has 0 radical (unpaired) electrons. The van der Waals surface area contributed by atoms with E-state index in [0.29, 0.717) is 13.2 Å². The Labute approximate surface area is 139 Å². The van der Waals surface area contributed by atoms with Crippen molar-refractivity contribution in [3.63, 3.8) is 0 Å². The predicted molar refractivity (Wildman–Crippen MR) is 89.6 cm³/mol. The van der Waals surface area contributed by atoms with E-state index in [2.05, 4.69) is 10.00 Å². The van der Waals surface area contributed by atoms with Crippen LogP contribution in [0.4, 0.5) is 11.4 Å². The van der Waals surface area contributed by atoms with Crippen LogP contribution in [0.3, 0.4) is 0 Å². The number of aryl methyl sites for hydroxylation is 1. The first kappa shape index (κ1) is 16.3. The molecule has 1 aromatic heterocycles. The Morgan fingerprint density at radius 2 is 2.12 bits per heavy atom. The van der Waals surface area contributed by atoms with Crippen molar-refractivity contribution in [3.8, 4) is 16.9 Å². The highest BCUT2D eigenvalue weighted by atomic mass is 16.6. The molecule has 1 aliphatic heterocycles. The molecule has 3 rings (SSSR count). The Morgan fingerprint density at radius 1 is 1.38 bits per heavy atom. The number of benzene rings is 1. The Bertz CT molecular complexity index is 738. The summed E-state index contributed by atoms with van der Waals surface area (Å²) in [5.41, 5.74) is 2.48. The lowest BCUT2D eigenvalue weighted by Crippen LogP contribution is -2.36. The fourth-order valence-corrected chi connectivity index (χ4v) is 2.84. The maximum atomic E-state index is 11.4. The van der Waals surface area contributed by atoms with Gasteiger partial charge in [-0.3, -0.25) is 14.8 Å². The largest absolute Gasteiger partial charge is 0.490 e. The number of hydrogen-bond acceptors (Lipinski definition) is 6. The van der Waals surface area contributed by atoms with Crippen molar-refractivity contribution in [1.82, 2.24) is 9.78 Å². The molecule has 0 spiro atoms. The number of methoxy groups -OCH3 is 1. The van der Waals surface area contributed by atoms with Gasteiger partial charge in [0.25, 0.3) is 0 Å². The standard InChI is InChI=1S/C16H20N4O4/c1-3-19-11-12(10-17-19)13-8-15(20(21)22)16(23-2)9-14(13)18-4-6-24-7-5-18/h8-11H,3-7H2,1-2H3. The molecule has 2 aromatic rings. The van der Waals surface area contributed by atoms with Crippen LogP contribution in [0.25, 0.3) is 11.1 Å². The van der Waals surface area contributed by atoms with Crippen LogP contribution in [-0.2, 0) is 11.3 Å². The molecule has 8 heteroatoms. The summed E-state index contributed by atoms with van der Waals surface area (Å²) in [6.45, 7) is 5.47. The molecule has 0 unspecified atom stereocenters. The Balaban J connectivity index is 2.14. The monoisotopic (exact) mass is 332 g/mol. The number of rotatable bonds is 5. The quantitative estimate of drug-likeness (QED) is 0.617. The predicted octanol–water partition coefficient (Wildman–Crippen LogP) is 2.32. The smallest absolute Gasteiger partial charge is 0.311 e. The van der Waals surface area contributed by atoms with Crippen LogP contribution in [0.2, 0.25) is 0 Å². The zero-order valence-corrected chi connectivity index (χ0v) is 13.8. The zero-order valence-electron chi connectivity index (χ0n) is 13.8. The molecule has 1 aliphatic rings. The van der Waals surface area contributed by atoms with Gasteiger partial charge in [0, 0.05) is 54.8 Å². The van der Waals surface area contributed by atoms with Crippen LogP contribution in [0.5, 0.6) is 5.75 Å². The SMILES string of the molecule is CCn1cc(-c2cc([N+](=O)[O-])c(OC)cc2N2CCOCC2)cn1. The fourth-order valence-electron chi connectivity index (χ4n) is 2.84. The fraction of sp³-hybridized carbons (Fsp3) is 0.438. The van der Waals surface area contributed by atoms with E-state index in [4.69, 9.17) is 9.47 Å². The average Bonchev–Trinajstić information content (AvgIpc) is 3.10. The minimum atomic E-state index is -0.421. The van der Waals surface area contributed by atoms with E-state index in [-0.39, 0.29) is 11.4 Å². The lowest BCUT2D eigenvalue weighted by molar-refractivity contribution is -0.385. The van der Waals surface area contributed by atoms with E-state index in [1.165, 1.54) is 7.11 Å². The third kappa shape index (κ3) is 3.05. The Hall–Kier alpha value is -2.61. The highest BCUT2D eigenvalue weighted by Gasteiger charge is 2.24. The van der Waals surface area contributed by atoms with Crippen LogP contribution in [0.1, 0.15) is 6.92 Å². The summed E-state index contributed by atoms with van der Waals surface area (Å²) in [7, 11) is 1.44. The van der Waals surface area contributed by atoms with Crippen LogP contribution in [-0.4, -0.2) is 48.1 Å². The average molecular weight is 332 g/mol. The summed E-state index contributed by atoms with van der Waals surface area (Å²) in [5, 5.41) is 15.7. The van der Waals surface area contributed by atoms with Crippen molar-refractivity contribution in [2.24, 2.45) is 0 Å². The maximum absolute atomic E-state index is 11.4. The molecular weight excluding hydrogens is 312 g/mol. The number of nitrogens with zero attached hydrogens (tertiary/aromatic N) is 4. The first-order valence-corrected chi connectivity index (χ1v) is 7.86. The minimum absolute atomic E-state index is 0.0474. The number of nitro benzene ring substituents is 1. The van der Waals surface area contributed by atoms with Gasteiger partial charge in [-0.15, -0.1) is 0 Å². The van der Waals surface area contributed by atoms with Crippen LogP contribution >= 0.6 is 0 Å². The molecule has 0 aliphatic carbocycles. The lowest BCUT2D eigenvalue weighted by atomic mass is 10.0. The van der Waals surface area contributed by atoms with Gasteiger partial charge in [-0.25, -0.2) is 0 Å². The van der Waals surface area contributed by atoms with Crippen molar-refractivity contribution in [2.75, 3.05) is 38.3 Å². The zero-order chi connectivity index (χ0) is 17.1. The first-order valence-electron chi connectivity index (χ1n) is 7.86. The van der Waals surface area contributed by atoms with Crippen LogP contribution in [0, 0.1) is 10.1 Å². The number of hydrogen-bond donors (Lipinski definition) is 0. The summed E-state index contributed by atoms with van der Waals surface area (Å²) < 4.78 is 12.4. The molecule has 2 heterocycles. The van der Waals surface area contributed by atoms with Crippen molar-refractivity contribution in [2.45, 2.75) is 13.5 Å². The maximum Gasteiger partial charge on any atom is 0.311 e. The molecule has 128 valence electrons. The van der Waals surface area contributed by atoms with Crippen molar-refractivity contribution in [1.29, 1.82) is 0 Å². The Kier molecular flexibility index (Phi) is 4.66. The molecule has 8 nitrogen and oxygen atoms in total. The number of aromatic nitrogens is 2. The van der Waals surface area contributed by atoms with Crippen LogP contribution < -0.4 is 9.64 Å². The normalized spacial score (nSPS) is 14.7. The van der Waals surface area contributed by atoms with Gasteiger partial charge in [-0.05, 0) is 6.92 Å². The molecule has 0 amide bonds. The number of ether oxygens (including phenoxy) is 2. The van der Waals surface area contributed by atoms with Gasteiger partial charge in [-0.1, -0.05) is 0 Å². The highest BCUT2D eigenvalue weighted by Crippen LogP contribution is 2.40. The number of anilines is 1. The third-order valence-electron chi connectivity index (χ3n) is 4.11. The van der Waals surface area contributed by atoms with Gasteiger partial charge < -0.3 is 14.4 Å². The van der Waals surface area contributed by atoms with Gasteiger partial charge >= 0.3 is 5.69 Å². The molecule has 0 saturated carbocycles. The van der Waals surface area contributed by atoms with E-state index in [1.807, 2.05) is 13.1 Å². The van der Waals surface area contributed by atoms with Crippen molar-refractivity contribution >= 4 is 11.4 Å². The lowest BCUT2D eigenvalue weighted by Gasteiger charge is -2.30. The topological polar surface area (TPSA) is 82.7 Å². The molecule has 24 heavy (non-hydrogen) atoms. The third-order valence-corrected chi connectivity index (χ3v) is 4.11. The van der Waals surface area contributed by atoms with Gasteiger partial charge in [0.15, 0.2) is 5.75 Å². The molecular formula is C16H20N4O4. The molecule has 1 saturated heterocycles. The van der Waals surface area contributed by atoms with Crippen molar-refractivity contribution < 1.29 is 14.4 Å². The molecule has 0 N–H and O–H groups in total. The molecule has 0 atom stereocenters. The molecule has 1 fully saturated rings. The summed E-state index contributed by atoms with van der Waals surface area (Å²) >= 11 is 0. The van der Waals surface area contributed by atoms with Gasteiger partial charge in [-0.2, -0.15) is 5.10 Å². The minimum Gasteiger partial charge on any atom is -0.490 e. The van der Waals surface area contributed by atoms with E-state index >= 15 is 0 Å². The van der Waals surface area contributed by atoms with E-state index in [1.54, 1.807) is 23.0 Å². The highest BCUT2D eigenvalue weighted by molar-refractivity contribution is 5.82. The van der Waals surface area contributed by atoms with E-state index < -0.39 is 4.92 Å². The number of morpholine rings is 1. The Morgan fingerprint density at radius 3 is 2.71 bits per heavy atom. The summed E-state index contributed by atoms with van der Waals surface area (Å²) in [4.78, 5) is 13.1. The van der Waals surface area contributed by atoms with Crippen LogP contribution in [0.15, 0.2) is 24.5 Å². The molecule has 1 aromatic carbocycles. The second-order valence-corrected chi connectivity index (χ2v) is 5.48. The second-order valence-electron chi connectivity index (χ2n) is 5.48. The van der Waals surface area contributed by atoms with Gasteiger partial charge in [0.2, 0.25) is 0 Å². The molecule has 0 bridgehead atoms. The number of nitro groups is 1. The first-order chi connectivity index (χ1) is 11.6. The summed E-state index contributed by atoms with van der Waals surface area (Å²) in [6.07, 6.45) is 3.63. The summed E-state index contributed by atoms with van der Waals surface area (Å²) in [5.74, 6) is 0.258. The van der Waals surface area contributed by atoms with E-state index in [0.717, 1.165) is 36.4 Å². The summed E-state index contributed by atoms with van der Waals surface area (Å²) in [6, 6.07) is 3.31. The van der Waals surface area contributed by atoms with Gasteiger partial charge in [0.1, 0.15) is 0 Å².